The fraction of sp³-hybridized carbons (Fsp3) is 0.444. The predicted octanol–water partition coefficient (Wildman–Crippen LogP) is 2.91. The number of hydrogen-bond donors (Lipinski definition) is 3. The lowest BCUT2D eigenvalue weighted by molar-refractivity contribution is -0.126. The number of carbonyl (C=O) groups excluding carboxylic acids is 2. The summed E-state index contributed by atoms with van der Waals surface area (Å²) in [5.74, 6) is -2.65. The van der Waals surface area contributed by atoms with E-state index in [0.717, 1.165) is 30.0 Å². The monoisotopic (exact) mass is 528 g/mol. The van der Waals surface area contributed by atoms with E-state index in [0.29, 0.717) is 24.7 Å². The second kappa shape index (κ2) is 9.54. The van der Waals surface area contributed by atoms with Gasteiger partial charge in [-0.2, -0.15) is 5.10 Å². The summed E-state index contributed by atoms with van der Waals surface area (Å²) < 4.78 is 40.6. The minimum Gasteiger partial charge on any atom is -0.489 e. The number of amides is 2. The van der Waals surface area contributed by atoms with Crippen LogP contribution in [0.4, 0.5) is 8.78 Å². The van der Waals surface area contributed by atoms with Gasteiger partial charge in [-0.15, -0.1) is 0 Å². The Morgan fingerprint density at radius 2 is 1.97 bits per heavy atom. The van der Waals surface area contributed by atoms with Gasteiger partial charge >= 0.3 is 0 Å². The molecular weight excluding hydrogens is 498 g/mol. The number of aliphatic hydroxyl groups is 1. The number of nitrogens with two attached hydrogens (primary N) is 1. The maximum absolute atomic E-state index is 14.2. The Balaban J connectivity index is 1.10. The van der Waals surface area contributed by atoms with Crippen LogP contribution in [-0.2, 0) is 11.2 Å². The number of rotatable bonds is 9. The molecule has 0 radical (unpaired) electrons. The van der Waals surface area contributed by atoms with Crippen molar-refractivity contribution in [2.45, 2.75) is 63.7 Å². The van der Waals surface area contributed by atoms with Gasteiger partial charge in [-0.25, -0.2) is 13.3 Å². The van der Waals surface area contributed by atoms with Crippen LogP contribution in [0.1, 0.15) is 55.5 Å². The maximum atomic E-state index is 14.2. The normalized spacial score (nSPS) is 22.6. The molecule has 0 saturated heterocycles. The van der Waals surface area contributed by atoms with E-state index in [4.69, 9.17) is 15.2 Å². The van der Waals surface area contributed by atoms with Crippen molar-refractivity contribution in [1.29, 1.82) is 0 Å². The molecule has 0 aliphatic heterocycles. The molecule has 1 aromatic carbocycles. The average Bonchev–Trinajstić information content (AvgIpc) is 3.17. The Labute approximate surface area is 217 Å². The van der Waals surface area contributed by atoms with E-state index in [-0.39, 0.29) is 47.8 Å². The van der Waals surface area contributed by atoms with Crippen molar-refractivity contribution in [2.75, 3.05) is 6.61 Å². The smallest absolute Gasteiger partial charge is 0.252 e. The topological polar surface area (TPSA) is 128 Å². The lowest BCUT2D eigenvalue weighted by Gasteiger charge is -2.57. The van der Waals surface area contributed by atoms with Gasteiger partial charge < -0.3 is 25.6 Å². The molecule has 3 aromatic rings. The van der Waals surface area contributed by atoms with Crippen molar-refractivity contribution in [2.24, 2.45) is 11.1 Å². The number of nitrogens with zero attached hydrogens (tertiary/aromatic N) is 2. The van der Waals surface area contributed by atoms with Gasteiger partial charge in [0.05, 0.1) is 41.6 Å². The van der Waals surface area contributed by atoms with Crippen molar-refractivity contribution >= 4 is 17.3 Å². The minimum absolute atomic E-state index is 0.00987. The first-order valence-corrected chi connectivity index (χ1v) is 12.5. The Kier molecular flexibility index (Phi) is 6.50. The number of primary amides is 1. The summed E-state index contributed by atoms with van der Waals surface area (Å²) in [5.41, 5.74) is 5.57. The molecule has 2 heterocycles. The number of pyridine rings is 1. The second-order valence-corrected chi connectivity index (χ2v) is 11.1. The van der Waals surface area contributed by atoms with Crippen LogP contribution in [0.25, 0.3) is 5.52 Å². The van der Waals surface area contributed by atoms with Gasteiger partial charge in [0, 0.05) is 17.7 Å². The third kappa shape index (κ3) is 5.42. The van der Waals surface area contributed by atoms with Crippen LogP contribution in [0, 0.1) is 17.0 Å². The highest BCUT2D eigenvalue weighted by Gasteiger charge is 2.54. The molecule has 2 aliphatic rings. The van der Waals surface area contributed by atoms with Crippen LogP contribution in [0.5, 0.6) is 11.5 Å². The summed E-state index contributed by atoms with van der Waals surface area (Å²) in [6.07, 6.45) is 6.11. The molecule has 9 nitrogen and oxygen atoms in total. The predicted molar refractivity (Wildman–Crippen MR) is 133 cm³/mol. The van der Waals surface area contributed by atoms with E-state index in [1.54, 1.807) is 36.8 Å². The van der Waals surface area contributed by atoms with Crippen LogP contribution in [0.3, 0.4) is 0 Å². The van der Waals surface area contributed by atoms with Gasteiger partial charge in [0.2, 0.25) is 5.91 Å². The van der Waals surface area contributed by atoms with Crippen molar-refractivity contribution in [3.05, 3.63) is 59.4 Å². The van der Waals surface area contributed by atoms with E-state index in [1.165, 1.54) is 0 Å². The van der Waals surface area contributed by atoms with E-state index in [1.807, 2.05) is 6.07 Å². The molecule has 11 heteroatoms. The summed E-state index contributed by atoms with van der Waals surface area (Å²) >= 11 is 0. The highest BCUT2D eigenvalue weighted by molar-refractivity contribution is 5.95. The lowest BCUT2D eigenvalue weighted by Crippen LogP contribution is -2.59. The standard InChI is InChI=1S/C27H30F2N4O5/c1-26(2,36)14-37-18-3-4-22-15(12-31-33(22)13-18)5-23(34)32-17-8-27(9-17)10-19(11-27)38-24-20(25(30)35)6-16(28)7-21(24)29/h3-4,6-7,12-13,17,19,36H,5,8-11,14H2,1-2H3,(H2,30,35)(H,32,34). The average molecular weight is 529 g/mol. The first kappa shape index (κ1) is 25.9. The highest BCUT2D eigenvalue weighted by atomic mass is 19.1. The highest BCUT2D eigenvalue weighted by Crippen LogP contribution is 2.57. The number of fused-ring (bicyclic) bond motifs is 1. The largest absolute Gasteiger partial charge is 0.489 e. The molecule has 0 unspecified atom stereocenters. The van der Waals surface area contributed by atoms with Gasteiger partial charge in [-0.3, -0.25) is 9.59 Å². The number of carbonyl (C=O) groups is 2. The van der Waals surface area contributed by atoms with E-state index >= 15 is 0 Å². The fourth-order valence-electron chi connectivity index (χ4n) is 5.39. The summed E-state index contributed by atoms with van der Waals surface area (Å²) in [4.78, 5) is 24.2. The van der Waals surface area contributed by atoms with Crippen LogP contribution < -0.4 is 20.5 Å². The van der Waals surface area contributed by atoms with Crippen molar-refractivity contribution in [3.8, 4) is 11.5 Å². The second-order valence-electron chi connectivity index (χ2n) is 11.1. The van der Waals surface area contributed by atoms with Crippen molar-refractivity contribution in [3.63, 3.8) is 0 Å². The van der Waals surface area contributed by atoms with E-state index < -0.39 is 23.1 Å². The Bertz CT molecular complexity index is 1390. The zero-order valence-corrected chi connectivity index (χ0v) is 21.2. The number of benzene rings is 1. The maximum Gasteiger partial charge on any atom is 0.252 e. The number of aromatic nitrogens is 2. The molecule has 2 saturated carbocycles. The SMILES string of the molecule is CC(C)(O)COc1ccc2c(CC(=O)NC3CC4(C3)CC(Oc3c(F)cc(F)cc3C(N)=O)C4)cnn2c1. The molecule has 0 bridgehead atoms. The zero-order valence-electron chi connectivity index (χ0n) is 21.2. The Morgan fingerprint density at radius 1 is 1.24 bits per heavy atom. The third-order valence-electron chi connectivity index (χ3n) is 7.12. The fourth-order valence-corrected chi connectivity index (χ4v) is 5.39. The van der Waals surface area contributed by atoms with Crippen LogP contribution >= 0.6 is 0 Å². The molecule has 2 aliphatic carbocycles. The number of ether oxygens (including phenoxy) is 2. The molecule has 1 spiro atoms. The molecule has 4 N–H and O–H groups in total. The summed E-state index contributed by atoms with van der Waals surface area (Å²) in [7, 11) is 0. The van der Waals surface area contributed by atoms with E-state index in [2.05, 4.69) is 10.4 Å². The number of hydrogen-bond acceptors (Lipinski definition) is 6. The quantitative estimate of drug-likeness (QED) is 0.392. The Morgan fingerprint density at radius 3 is 2.66 bits per heavy atom. The molecule has 202 valence electrons. The molecule has 5 rings (SSSR count). The summed E-state index contributed by atoms with van der Waals surface area (Å²) in [6.45, 7) is 3.46. The minimum atomic E-state index is -0.955. The third-order valence-corrected chi connectivity index (χ3v) is 7.12. The Hall–Kier alpha value is -3.73. The van der Waals surface area contributed by atoms with Gasteiger partial charge in [0.15, 0.2) is 11.6 Å². The van der Waals surface area contributed by atoms with Crippen LogP contribution in [0.2, 0.25) is 0 Å². The zero-order chi connectivity index (χ0) is 27.2. The molecular formula is C27H30F2N4O5. The van der Waals surface area contributed by atoms with E-state index in [9.17, 15) is 23.5 Å². The van der Waals surface area contributed by atoms with Crippen molar-refractivity contribution in [1.82, 2.24) is 14.9 Å². The number of halogens is 2. The molecule has 0 atom stereocenters. The van der Waals surface area contributed by atoms with Crippen LogP contribution in [0.15, 0.2) is 36.7 Å². The molecule has 2 fully saturated rings. The lowest BCUT2D eigenvalue weighted by atomic mass is 9.53. The molecule has 2 amide bonds. The number of nitrogens with one attached hydrogen (secondary N) is 1. The molecule has 2 aromatic heterocycles. The van der Waals surface area contributed by atoms with Gasteiger partial charge in [0.1, 0.15) is 18.2 Å². The first-order valence-electron chi connectivity index (χ1n) is 12.5. The van der Waals surface area contributed by atoms with Gasteiger partial charge in [-0.1, -0.05) is 0 Å². The van der Waals surface area contributed by atoms with Gasteiger partial charge in [-0.05, 0) is 63.1 Å². The summed E-state index contributed by atoms with van der Waals surface area (Å²) in [5, 5.41) is 17.2. The molecule has 38 heavy (non-hydrogen) atoms. The first-order chi connectivity index (χ1) is 17.9. The summed E-state index contributed by atoms with van der Waals surface area (Å²) in [6, 6.07) is 5.18. The van der Waals surface area contributed by atoms with Crippen LogP contribution in [-0.4, -0.2) is 50.9 Å². The van der Waals surface area contributed by atoms with Gasteiger partial charge in [0.25, 0.3) is 5.91 Å². The van der Waals surface area contributed by atoms with Crippen molar-refractivity contribution < 1.29 is 33.0 Å².